The topological polar surface area (TPSA) is 86.2 Å². The van der Waals surface area contributed by atoms with E-state index in [0.29, 0.717) is 0 Å². The Labute approximate surface area is 79.9 Å². The molecule has 0 saturated heterocycles. The Morgan fingerprint density at radius 3 is 1.58 bits per heavy atom. The van der Waals surface area contributed by atoms with Crippen LogP contribution in [0.4, 0.5) is 0 Å². The average Bonchev–Trinajstić information content (AvgIpc) is 1.85. The van der Waals surface area contributed by atoms with E-state index in [1.165, 1.54) is 0 Å². The number of hydrogen-bond donors (Lipinski definition) is 2. The van der Waals surface area contributed by atoms with Crippen LogP contribution in [-0.4, -0.2) is 8.42 Å². The molecule has 6 heteroatoms. The van der Waals surface area contributed by atoms with Crippen molar-refractivity contribution in [3.8, 4) is 0 Å². The molecular weight excluding hydrogens is 244 g/mol. The van der Waals surface area contributed by atoms with Crippen molar-refractivity contribution in [3.05, 3.63) is 34.8 Å². The van der Waals surface area contributed by atoms with Gasteiger partial charge in [-0.1, -0.05) is 34.1 Å². The minimum atomic E-state index is -3.67. The summed E-state index contributed by atoms with van der Waals surface area (Å²) in [7, 11) is -3.67. The van der Waals surface area contributed by atoms with Crippen molar-refractivity contribution in [2.45, 2.75) is 0 Å². The zero-order chi connectivity index (χ0) is 9.61. The van der Waals surface area contributed by atoms with Crippen molar-refractivity contribution in [2.24, 2.45) is 10.3 Å². The van der Waals surface area contributed by atoms with Gasteiger partial charge in [-0.25, -0.2) is 10.3 Å². The summed E-state index contributed by atoms with van der Waals surface area (Å²) in [6, 6.07) is 9.97. The maximum Gasteiger partial charge on any atom is 0.271 e. The summed E-state index contributed by atoms with van der Waals surface area (Å²) < 4.78 is 19.5. The van der Waals surface area contributed by atoms with Crippen LogP contribution in [0.25, 0.3) is 0 Å². The van der Waals surface area contributed by atoms with E-state index in [1.54, 1.807) is 0 Å². The van der Waals surface area contributed by atoms with Gasteiger partial charge in [-0.15, -0.1) is 0 Å². The van der Waals surface area contributed by atoms with Crippen LogP contribution < -0.4 is 10.3 Å². The highest BCUT2D eigenvalue weighted by molar-refractivity contribution is 9.10. The van der Waals surface area contributed by atoms with Gasteiger partial charge in [0.25, 0.3) is 10.2 Å². The van der Waals surface area contributed by atoms with Crippen molar-refractivity contribution in [1.82, 2.24) is 0 Å². The molecule has 4 N–H and O–H groups in total. The average molecular weight is 253 g/mol. The highest BCUT2D eigenvalue weighted by Gasteiger charge is 1.78. The predicted octanol–water partition coefficient (Wildman–Crippen LogP) is 0.598. The molecule has 0 radical (unpaired) electrons. The smallest absolute Gasteiger partial charge is 0.216 e. The molecule has 0 aliphatic heterocycles. The highest BCUT2D eigenvalue weighted by atomic mass is 79.9. The second-order valence-electron chi connectivity index (χ2n) is 1.88. The molecule has 0 atom stereocenters. The first-order valence-electron chi connectivity index (χ1n) is 2.90. The molecule has 1 rings (SSSR count). The van der Waals surface area contributed by atoms with E-state index >= 15 is 0 Å². The van der Waals surface area contributed by atoms with E-state index in [2.05, 4.69) is 26.2 Å². The summed E-state index contributed by atoms with van der Waals surface area (Å²) in [4.78, 5) is 0. The molecule has 0 unspecified atom stereocenters. The van der Waals surface area contributed by atoms with Gasteiger partial charge in [0.1, 0.15) is 0 Å². The molecule has 0 amide bonds. The van der Waals surface area contributed by atoms with Crippen molar-refractivity contribution in [3.63, 3.8) is 0 Å². The summed E-state index contributed by atoms with van der Waals surface area (Å²) in [5, 5.41) is 8.21. The first-order chi connectivity index (χ1) is 5.39. The summed E-state index contributed by atoms with van der Waals surface area (Å²) in [6.07, 6.45) is 0. The Balaban J connectivity index is 0.000000217. The number of halogens is 1. The number of rotatable bonds is 0. The van der Waals surface area contributed by atoms with Crippen molar-refractivity contribution in [2.75, 3.05) is 0 Å². The fourth-order valence-corrected chi connectivity index (χ4v) is 0.720. The standard InChI is InChI=1S/C6H5Br.H4N2O2S/c7-6-4-2-1-3-5-6;1-5(2,3)4/h1-5H;(H4,1,2,3,4). The quantitative estimate of drug-likeness (QED) is 0.709. The van der Waals surface area contributed by atoms with Crippen LogP contribution in [-0.2, 0) is 10.2 Å². The Hall–Kier alpha value is -0.430. The number of hydrogen-bond acceptors (Lipinski definition) is 2. The van der Waals surface area contributed by atoms with Gasteiger partial charge in [-0.3, -0.25) is 0 Å². The molecule has 0 spiro atoms. The molecule has 12 heavy (non-hydrogen) atoms. The summed E-state index contributed by atoms with van der Waals surface area (Å²) in [5.41, 5.74) is 0. The molecule has 0 aliphatic rings. The Morgan fingerprint density at radius 2 is 1.42 bits per heavy atom. The number of nitrogens with two attached hydrogens (primary N) is 2. The largest absolute Gasteiger partial charge is 0.271 e. The monoisotopic (exact) mass is 252 g/mol. The van der Waals surface area contributed by atoms with Gasteiger partial charge in [0.15, 0.2) is 0 Å². The van der Waals surface area contributed by atoms with E-state index in [0.717, 1.165) is 4.47 Å². The molecule has 68 valence electrons. The second-order valence-corrected chi connectivity index (χ2v) is 3.98. The lowest BCUT2D eigenvalue weighted by atomic mass is 10.4. The Morgan fingerprint density at radius 1 is 1.08 bits per heavy atom. The van der Waals surface area contributed by atoms with Gasteiger partial charge in [0, 0.05) is 4.47 Å². The van der Waals surface area contributed by atoms with Gasteiger partial charge in [-0.2, -0.15) is 8.42 Å². The number of benzene rings is 1. The van der Waals surface area contributed by atoms with Crippen LogP contribution in [0.2, 0.25) is 0 Å². The molecule has 0 aliphatic carbocycles. The van der Waals surface area contributed by atoms with Crippen LogP contribution in [0.15, 0.2) is 34.8 Å². The third-order valence-corrected chi connectivity index (χ3v) is 1.26. The van der Waals surface area contributed by atoms with Gasteiger partial charge in [-0.05, 0) is 12.1 Å². The summed E-state index contributed by atoms with van der Waals surface area (Å²) in [5.74, 6) is 0. The molecule has 1 aromatic carbocycles. The molecule has 1 aromatic rings. The molecule has 0 saturated carbocycles. The van der Waals surface area contributed by atoms with E-state index in [1.807, 2.05) is 30.3 Å². The zero-order valence-electron chi connectivity index (χ0n) is 6.14. The van der Waals surface area contributed by atoms with Crippen molar-refractivity contribution >= 4 is 26.1 Å². The van der Waals surface area contributed by atoms with Gasteiger partial charge < -0.3 is 0 Å². The van der Waals surface area contributed by atoms with Crippen LogP contribution in [0, 0.1) is 0 Å². The molecule has 0 fully saturated rings. The minimum absolute atomic E-state index is 1.13. The van der Waals surface area contributed by atoms with E-state index in [-0.39, 0.29) is 0 Å². The van der Waals surface area contributed by atoms with Gasteiger partial charge in [0.05, 0.1) is 0 Å². The normalized spacial score (nSPS) is 9.92. The van der Waals surface area contributed by atoms with Gasteiger partial charge >= 0.3 is 0 Å². The first-order valence-corrected chi connectivity index (χ1v) is 5.31. The lowest BCUT2D eigenvalue weighted by Crippen LogP contribution is -2.21. The second kappa shape index (κ2) is 5.26. The summed E-state index contributed by atoms with van der Waals surface area (Å²) in [6.45, 7) is 0. The van der Waals surface area contributed by atoms with E-state index < -0.39 is 10.2 Å². The summed E-state index contributed by atoms with van der Waals surface area (Å²) >= 11 is 3.31. The highest BCUT2D eigenvalue weighted by Crippen LogP contribution is 2.05. The molecule has 0 bridgehead atoms. The van der Waals surface area contributed by atoms with Crippen LogP contribution in [0.3, 0.4) is 0 Å². The van der Waals surface area contributed by atoms with Gasteiger partial charge in [0.2, 0.25) is 0 Å². The molecule has 0 heterocycles. The molecule has 4 nitrogen and oxygen atoms in total. The Kier molecular flexibility index (Phi) is 5.07. The fraction of sp³-hybridized carbons (Fsp3) is 0. The van der Waals surface area contributed by atoms with Crippen molar-refractivity contribution < 1.29 is 8.42 Å². The lowest BCUT2D eigenvalue weighted by Gasteiger charge is -1.80. The van der Waals surface area contributed by atoms with Crippen LogP contribution in [0.5, 0.6) is 0 Å². The van der Waals surface area contributed by atoms with Crippen molar-refractivity contribution in [1.29, 1.82) is 0 Å². The first kappa shape index (κ1) is 11.6. The van der Waals surface area contributed by atoms with E-state index in [9.17, 15) is 8.42 Å². The third kappa shape index (κ3) is 12.3. The lowest BCUT2D eigenvalue weighted by molar-refractivity contribution is 0.599. The third-order valence-electron chi connectivity index (χ3n) is 0.733. The SMILES string of the molecule is Brc1ccccc1.NS(N)(=O)=O. The van der Waals surface area contributed by atoms with Crippen LogP contribution >= 0.6 is 15.9 Å². The Bertz CT molecular complexity index is 304. The predicted molar refractivity (Wildman–Crippen MR) is 51.4 cm³/mol. The fourth-order valence-electron chi connectivity index (χ4n) is 0.415. The van der Waals surface area contributed by atoms with E-state index in [4.69, 9.17) is 0 Å². The molecular formula is C6H9BrN2O2S. The molecule has 0 aromatic heterocycles. The maximum atomic E-state index is 9.19. The minimum Gasteiger partial charge on any atom is -0.216 e. The van der Waals surface area contributed by atoms with Crippen LogP contribution in [0.1, 0.15) is 0 Å². The zero-order valence-corrected chi connectivity index (χ0v) is 8.55. The maximum absolute atomic E-state index is 9.19.